The SMILES string of the molecule is O=C(O)CCc1ccc(O)cc1[N+](=O)[O-]. The molecule has 0 radical (unpaired) electrons. The van der Waals surface area contributed by atoms with E-state index in [9.17, 15) is 14.9 Å². The molecule has 0 aliphatic heterocycles. The fourth-order valence-electron chi connectivity index (χ4n) is 1.18. The summed E-state index contributed by atoms with van der Waals surface area (Å²) < 4.78 is 0. The molecule has 0 aliphatic carbocycles. The van der Waals surface area contributed by atoms with Gasteiger partial charge in [-0.15, -0.1) is 0 Å². The van der Waals surface area contributed by atoms with Crippen LogP contribution in [0.25, 0.3) is 0 Å². The lowest BCUT2D eigenvalue weighted by Crippen LogP contribution is -2.00. The van der Waals surface area contributed by atoms with E-state index >= 15 is 0 Å². The molecule has 0 unspecified atom stereocenters. The third kappa shape index (κ3) is 2.94. The average molecular weight is 211 g/mol. The molecule has 0 amide bonds. The normalized spacial score (nSPS) is 9.87. The van der Waals surface area contributed by atoms with E-state index in [1.807, 2.05) is 0 Å². The molecular formula is C9H9NO5. The minimum Gasteiger partial charge on any atom is -0.508 e. The van der Waals surface area contributed by atoms with Gasteiger partial charge in [-0.3, -0.25) is 14.9 Å². The Morgan fingerprint density at radius 2 is 2.13 bits per heavy atom. The van der Waals surface area contributed by atoms with E-state index in [1.54, 1.807) is 0 Å². The van der Waals surface area contributed by atoms with Gasteiger partial charge in [-0.05, 0) is 18.6 Å². The van der Waals surface area contributed by atoms with Crippen LogP contribution in [0.1, 0.15) is 12.0 Å². The third-order valence-corrected chi connectivity index (χ3v) is 1.87. The zero-order valence-electron chi connectivity index (χ0n) is 7.71. The first-order valence-corrected chi connectivity index (χ1v) is 4.19. The molecule has 15 heavy (non-hydrogen) atoms. The maximum Gasteiger partial charge on any atom is 0.303 e. The molecule has 6 nitrogen and oxygen atoms in total. The second-order valence-corrected chi connectivity index (χ2v) is 2.96. The lowest BCUT2D eigenvalue weighted by Gasteiger charge is -2.01. The van der Waals surface area contributed by atoms with Gasteiger partial charge in [-0.2, -0.15) is 0 Å². The molecule has 0 fully saturated rings. The van der Waals surface area contributed by atoms with Gasteiger partial charge in [-0.25, -0.2) is 0 Å². The van der Waals surface area contributed by atoms with Gasteiger partial charge in [0.15, 0.2) is 0 Å². The number of hydrogen-bond donors (Lipinski definition) is 2. The van der Waals surface area contributed by atoms with Crippen molar-refractivity contribution in [2.75, 3.05) is 0 Å². The average Bonchev–Trinajstić information content (AvgIpc) is 2.15. The molecule has 1 aromatic rings. The van der Waals surface area contributed by atoms with Gasteiger partial charge < -0.3 is 10.2 Å². The van der Waals surface area contributed by atoms with Crippen LogP contribution in [-0.2, 0) is 11.2 Å². The maximum atomic E-state index is 10.6. The highest BCUT2D eigenvalue weighted by Crippen LogP contribution is 2.24. The van der Waals surface area contributed by atoms with Crippen LogP contribution in [0.15, 0.2) is 18.2 Å². The summed E-state index contributed by atoms with van der Waals surface area (Å²) in [4.78, 5) is 20.2. The Balaban J connectivity index is 2.95. The minimum absolute atomic E-state index is 0.0753. The van der Waals surface area contributed by atoms with Gasteiger partial charge in [0.25, 0.3) is 5.69 Å². The number of benzene rings is 1. The number of phenolic OH excluding ortho intramolecular Hbond substituents is 1. The highest BCUT2D eigenvalue weighted by molar-refractivity contribution is 5.67. The molecule has 0 aromatic heterocycles. The number of phenols is 1. The van der Waals surface area contributed by atoms with Crippen LogP contribution >= 0.6 is 0 Å². The van der Waals surface area contributed by atoms with Crippen LogP contribution in [0.3, 0.4) is 0 Å². The number of nitro benzene ring substituents is 1. The number of hydrogen-bond acceptors (Lipinski definition) is 4. The van der Waals surface area contributed by atoms with E-state index in [1.165, 1.54) is 12.1 Å². The highest BCUT2D eigenvalue weighted by Gasteiger charge is 2.14. The van der Waals surface area contributed by atoms with Crippen molar-refractivity contribution in [3.8, 4) is 5.75 Å². The fraction of sp³-hybridized carbons (Fsp3) is 0.222. The van der Waals surface area contributed by atoms with Gasteiger partial charge in [0, 0.05) is 12.0 Å². The van der Waals surface area contributed by atoms with Gasteiger partial charge in [0.1, 0.15) is 5.75 Å². The van der Waals surface area contributed by atoms with Crippen molar-refractivity contribution in [3.63, 3.8) is 0 Å². The van der Waals surface area contributed by atoms with E-state index in [0.717, 1.165) is 6.07 Å². The molecule has 0 aliphatic rings. The summed E-state index contributed by atoms with van der Waals surface area (Å²) in [6, 6.07) is 3.66. The zero-order valence-corrected chi connectivity index (χ0v) is 7.71. The number of aliphatic carboxylic acids is 1. The molecule has 0 saturated heterocycles. The van der Waals surface area contributed by atoms with Crippen LogP contribution in [-0.4, -0.2) is 21.1 Å². The Morgan fingerprint density at radius 1 is 1.47 bits per heavy atom. The third-order valence-electron chi connectivity index (χ3n) is 1.87. The first-order chi connectivity index (χ1) is 7.00. The van der Waals surface area contributed by atoms with Crippen molar-refractivity contribution in [3.05, 3.63) is 33.9 Å². The summed E-state index contributed by atoms with van der Waals surface area (Å²) in [7, 11) is 0. The molecule has 0 atom stereocenters. The molecule has 0 saturated carbocycles. The lowest BCUT2D eigenvalue weighted by atomic mass is 10.1. The van der Waals surface area contributed by atoms with Crippen molar-refractivity contribution in [1.29, 1.82) is 0 Å². The van der Waals surface area contributed by atoms with E-state index < -0.39 is 10.9 Å². The molecular weight excluding hydrogens is 202 g/mol. The van der Waals surface area contributed by atoms with Crippen molar-refractivity contribution in [1.82, 2.24) is 0 Å². The standard InChI is InChI=1S/C9H9NO5/c11-7-3-1-6(2-4-9(12)13)8(5-7)10(14)15/h1,3,5,11H,2,4H2,(H,12,13). The monoisotopic (exact) mass is 211 g/mol. The number of carboxylic acid groups (broad SMARTS) is 1. The predicted octanol–water partition coefficient (Wildman–Crippen LogP) is 1.32. The Morgan fingerprint density at radius 3 is 2.67 bits per heavy atom. The minimum atomic E-state index is -1.02. The number of nitrogens with zero attached hydrogens (tertiary/aromatic N) is 1. The van der Waals surface area contributed by atoms with Gasteiger partial charge >= 0.3 is 5.97 Å². The van der Waals surface area contributed by atoms with Crippen LogP contribution in [0.5, 0.6) is 5.75 Å². The molecule has 6 heteroatoms. The quantitative estimate of drug-likeness (QED) is 0.577. The van der Waals surface area contributed by atoms with Crippen LogP contribution in [0.2, 0.25) is 0 Å². The number of carbonyl (C=O) groups is 1. The lowest BCUT2D eigenvalue weighted by molar-refractivity contribution is -0.385. The largest absolute Gasteiger partial charge is 0.508 e. The Labute approximate surface area is 84.9 Å². The van der Waals surface area contributed by atoms with Gasteiger partial charge in [0.2, 0.25) is 0 Å². The summed E-state index contributed by atoms with van der Waals surface area (Å²) in [5, 5.41) is 28.0. The van der Waals surface area contributed by atoms with Crippen molar-refractivity contribution in [2.24, 2.45) is 0 Å². The molecule has 0 spiro atoms. The van der Waals surface area contributed by atoms with Crippen LogP contribution < -0.4 is 0 Å². The Bertz CT molecular complexity index is 401. The van der Waals surface area contributed by atoms with Crippen molar-refractivity contribution in [2.45, 2.75) is 12.8 Å². The smallest absolute Gasteiger partial charge is 0.303 e. The Kier molecular flexibility index (Phi) is 3.22. The summed E-state index contributed by atoms with van der Waals surface area (Å²) in [6.07, 6.45) is -0.0997. The summed E-state index contributed by atoms with van der Waals surface area (Å²) in [5.41, 5.74) is 0.0523. The van der Waals surface area contributed by atoms with E-state index in [2.05, 4.69) is 0 Å². The van der Waals surface area contributed by atoms with Crippen molar-refractivity contribution >= 4 is 11.7 Å². The number of rotatable bonds is 4. The summed E-state index contributed by atoms with van der Waals surface area (Å²) in [6.45, 7) is 0. The molecule has 1 rings (SSSR count). The summed E-state index contributed by atoms with van der Waals surface area (Å²) in [5.74, 6) is -1.22. The van der Waals surface area contributed by atoms with Crippen LogP contribution in [0, 0.1) is 10.1 Å². The number of aromatic hydroxyl groups is 1. The first kappa shape index (κ1) is 11.0. The van der Waals surface area contributed by atoms with Crippen LogP contribution in [0.4, 0.5) is 5.69 Å². The second kappa shape index (κ2) is 4.41. The molecule has 1 aromatic carbocycles. The fourth-order valence-corrected chi connectivity index (χ4v) is 1.18. The number of carboxylic acids is 1. The number of nitro groups is 1. The first-order valence-electron chi connectivity index (χ1n) is 4.19. The van der Waals surface area contributed by atoms with Gasteiger partial charge in [-0.1, -0.05) is 0 Å². The van der Waals surface area contributed by atoms with Crippen molar-refractivity contribution < 1.29 is 19.9 Å². The molecule has 2 N–H and O–H groups in total. The molecule has 0 heterocycles. The topological polar surface area (TPSA) is 101 Å². The zero-order chi connectivity index (χ0) is 11.4. The van der Waals surface area contributed by atoms with Gasteiger partial charge in [0.05, 0.1) is 11.0 Å². The highest BCUT2D eigenvalue weighted by atomic mass is 16.6. The number of aryl methyl sites for hydroxylation is 1. The van der Waals surface area contributed by atoms with E-state index in [-0.39, 0.29) is 24.3 Å². The van der Waals surface area contributed by atoms with E-state index in [4.69, 9.17) is 10.2 Å². The Hall–Kier alpha value is -2.11. The molecule has 80 valence electrons. The molecule has 0 bridgehead atoms. The second-order valence-electron chi connectivity index (χ2n) is 2.96. The maximum absolute atomic E-state index is 10.6. The summed E-state index contributed by atoms with van der Waals surface area (Å²) >= 11 is 0. The predicted molar refractivity (Wildman–Crippen MR) is 50.7 cm³/mol. The van der Waals surface area contributed by atoms with E-state index in [0.29, 0.717) is 5.56 Å².